The largest absolute Gasteiger partial charge is 0.338 e. The highest BCUT2D eigenvalue weighted by Gasteiger charge is 2.34. The van der Waals surface area contributed by atoms with Crippen molar-refractivity contribution in [2.45, 2.75) is 29.9 Å². The molecule has 1 atom stereocenters. The van der Waals surface area contributed by atoms with Gasteiger partial charge >= 0.3 is 0 Å². The summed E-state index contributed by atoms with van der Waals surface area (Å²) in [5.74, 6) is -0.415. The van der Waals surface area contributed by atoms with Crippen molar-refractivity contribution in [3.8, 4) is 0 Å². The number of benzene rings is 2. The first-order valence-electron chi connectivity index (χ1n) is 9.87. The number of nitrogens with one attached hydrogen (secondary N) is 1. The molecule has 1 aliphatic heterocycles. The Kier molecular flexibility index (Phi) is 5.90. The molecular formula is C23H24N4O2S. The minimum atomic E-state index is -0.329. The molecule has 1 aromatic heterocycles. The van der Waals surface area contributed by atoms with Gasteiger partial charge in [-0.2, -0.15) is 0 Å². The Morgan fingerprint density at radius 1 is 1.17 bits per heavy atom. The number of aryl methyl sites for hydroxylation is 2. The lowest BCUT2D eigenvalue weighted by atomic mass is 10.1. The van der Waals surface area contributed by atoms with Crippen molar-refractivity contribution in [3.63, 3.8) is 0 Å². The van der Waals surface area contributed by atoms with Crippen molar-refractivity contribution in [2.24, 2.45) is 13.0 Å². The van der Waals surface area contributed by atoms with Crippen molar-refractivity contribution < 1.29 is 9.59 Å². The number of likely N-dealkylation sites (tertiary alicyclic amines) is 1. The van der Waals surface area contributed by atoms with Crippen LogP contribution in [0.3, 0.4) is 0 Å². The van der Waals surface area contributed by atoms with Gasteiger partial charge in [0.05, 0.1) is 5.92 Å². The molecule has 1 fully saturated rings. The van der Waals surface area contributed by atoms with Crippen molar-refractivity contribution in [1.82, 2.24) is 14.5 Å². The minimum absolute atomic E-state index is 0.0255. The van der Waals surface area contributed by atoms with Gasteiger partial charge in [-0.05, 0) is 36.8 Å². The molecule has 0 spiro atoms. The number of aromatic nitrogens is 2. The van der Waals surface area contributed by atoms with Crippen LogP contribution in [0.5, 0.6) is 0 Å². The third kappa shape index (κ3) is 4.74. The zero-order valence-electron chi connectivity index (χ0n) is 17.0. The van der Waals surface area contributed by atoms with E-state index >= 15 is 0 Å². The van der Waals surface area contributed by atoms with Crippen molar-refractivity contribution in [2.75, 3.05) is 11.9 Å². The molecule has 1 unspecified atom stereocenters. The zero-order chi connectivity index (χ0) is 21.1. The van der Waals surface area contributed by atoms with E-state index in [1.165, 1.54) is 5.56 Å². The van der Waals surface area contributed by atoms with E-state index in [0.29, 0.717) is 13.1 Å². The Hall–Kier alpha value is -3.06. The summed E-state index contributed by atoms with van der Waals surface area (Å²) in [6.07, 6.45) is 3.93. The lowest BCUT2D eigenvalue weighted by Crippen LogP contribution is -2.28. The molecule has 30 heavy (non-hydrogen) atoms. The molecule has 1 N–H and O–H groups in total. The first-order valence-corrected chi connectivity index (χ1v) is 10.7. The SMILES string of the molecule is Cc1ccc(CN2CC(C(=O)Nc3ccc(Sc4nccn4C)cc3)CC2=O)cc1. The number of carbonyl (C=O) groups excluding carboxylic acids is 2. The van der Waals surface area contributed by atoms with Crippen molar-refractivity contribution in [1.29, 1.82) is 0 Å². The van der Waals surface area contributed by atoms with E-state index in [9.17, 15) is 9.59 Å². The average molecular weight is 421 g/mol. The highest BCUT2D eigenvalue weighted by Crippen LogP contribution is 2.27. The van der Waals surface area contributed by atoms with Gasteiger partial charge in [0.2, 0.25) is 11.8 Å². The van der Waals surface area contributed by atoms with Crippen LogP contribution in [0.4, 0.5) is 5.69 Å². The van der Waals surface area contributed by atoms with Crippen LogP contribution < -0.4 is 5.32 Å². The van der Waals surface area contributed by atoms with E-state index in [4.69, 9.17) is 0 Å². The number of hydrogen-bond acceptors (Lipinski definition) is 4. The fraction of sp³-hybridized carbons (Fsp3) is 0.261. The molecule has 0 aliphatic carbocycles. The smallest absolute Gasteiger partial charge is 0.229 e. The van der Waals surface area contributed by atoms with Crippen LogP contribution >= 0.6 is 11.8 Å². The summed E-state index contributed by atoms with van der Waals surface area (Å²) in [4.78, 5) is 32.2. The van der Waals surface area contributed by atoms with Crippen LogP contribution in [0.2, 0.25) is 0 Å². The summed E-state index contributed by atoms with van der Waals surface area (Å²) in [5, 5.41) is 3.85. The lowest BCUT2D eigenvalue weighted by molar-refractivity contribution is -0.128. The highest BCUT2D eigenvalue weighted by molar-refractivity contribution is 7.99. The molecule has 1 saturated heterocycles. The maximum Gasteiger partial charge on any atom is 0.229 e. The maximum atomic E-state index is 12.7. The first kappa shape index (κ1) is 20.2. The summed E-state index contributed by atoms with van der Waals surface area (Å²) in [7, 11) is 1.95. The Morgan fingerprint density at radius 2 is 1.90 bits per heavy atom. The summed E-state index contributed by atoms with van der Waals surface area (Å²) < 4.78 is 1.96. The second-order valence-electron chi connectivity index (χ2n) is 7.60. The summed E-state index contributed by atoms with van der Waals surface area (Å²) in [5.41, 5.74) is 3.00. The van der Waals surface area contributed by atoms with Gasteiger partial charge in [0.1, 0.15) is 0 Å². The van der Waals surface area contributed by atoms with E-state index in [2.05, 4.69) is 10.3 Å². The molecule has 0 bridgehead atoms. The van der Waals surface area contributed by atoms with Gasteiger partial charge < -0.3 is 14.8 Å². The second-order valence-corrected chi connectivity index (χ2v) is 8.64. The molecule has 2 aromatic carbocycles. The van der Waals surface area contributed by atoms with Crippen LogP contribution in [0, 0.1) is 12.8 Å². The average Bonchev–Trinajstić information content (AvgIpc) is 3.31. The van der Waals surface area contributed by atoms with Crippen LogP contribution in [-0.4, -0.2) is 32.8 Å². The molecular weight excluding hydrogens is 396 g/mol. The second kappa shape index (κ2) is 8.75. The Bertz CT molecular complexity index is 1040. The number of anilines is 1. The third-order valence-corrected chi connectivity index (χ3v) is 6.27. The van der Waals surface area contributed by atoms with Crippen LogP contribution in [0.25, 0.3) is 0 Å². The van der Waals surface area contributed by atoms with Crippen LogP contribution in [0.1, 0.15) is 17.5 Å². The summed E-state index contributed by atoms with van der Waals surface area (Å²) >= 11 is 1.56. The van der Waals surface area contributed by atoms with Gasteiger partial charge in [-0.15, -0.1) is 0 Å². The topological polar surface area (TPSA) is 67.2 Å². The highest BCUT2D eigenvalue weighted by atomic mass is 32.2. The fourth-order valence-corrected chi connectivity index (χ4v) is 4.22. The summed E-state index contributed by atoms with van der Waals surface area (Å²) in [6, 6.07) is 15.8. The maximum absolute atomic E-state index is 12.7. The Balaban J connectivity index is 1.33. The predicted octanol–water partition coefficient (Wildman–Crippen LogP) is 3.87. The molecule has 1 aliphatic rings. The van der Waals surface area contributed by atoms with E-state index in [1.807, 2.05) is 73.3 Å². The fourth-order valence-electron chi connectivity index (χ4n) is 3.42. The van der Waals surface area contributed by atoms with Gasteiger partial charge in [-0.3, -0.25) is 9.59 Å². The molecule has 7 heteroatoms. The van der Waals surface area contributed by atoms with E-state index in [-0.39, 0.29) is 24.2 Å². The molecule has 0 radical (unpaired) electrons. The van der Waals surface area contributed by atoms with E-state index < -0.39 is 0 Å². The van der Waals surface area contributed by atoms with Crippen molar-refractivity contribution in [3.05, 3.63) is 72.1 Å². The molecule has 0 saturated carbocycles. The van der Waals surface area contributed by atoms with Gasteiger partial charge in [0.25, 0.3) is 0 Å². The predicted molar refractivity (Wildman–Crippen MR) is 117 cm³/mol. The molecule has 4 rings (SSSR count). The minimum Gasteiger partial charge on any atom is -0.338 e. The number of carbonyl (C=O) groups is 2. The normalized spacial score (nSPS) is 16.1. The number of amides is 2. The first-order chi connectivity index (χ1) is 14.5. The molecule has 2 heterocycles. The van der Waals surface area contributed by atoms with Crippen molar-refractivity contribution >= 4 is 29.3 Å². The molecule has 154 valence electrons. The number of rotatable bonds is 6. The zero-order valence-corrected chi connectivity index (χ0v) is 17.9. The third-order valence-electron chi connectivity index (χ3n) is 5.19. The standard InChI is InChI=1S/C23H24N4O2S/c1-16-3-5-17(6-4-16)14-27-15-18(13-21(27)28)22(29)25-19-7-9-20(10-8-19)30-23-24-11-12-26(23)2/h3-12,18H,13-15H2,1-2H3,(H,25,29). The number of imidazole rings is 1. The van der Waals surface area contributed by atoms with E-state index in [0.717, 1.165) is 21.3 Å². The Labute approximate surface area is 180 Å². The summed E-state index contributed by atoms with van der Waals surface area (Å²) in [6.45, 7) is 3.03. The number of nitrogens with zero attached hydrogens (tertiary/aromatic N) is 3. The van der Waals surface area contributed by atoms with Crippen LogP contribution in [-0.2, 0) is 23.2 Å². The van der Waals surface area contributed by atoms with Gasteiger partial charge in [-0.25, -0.2) is 4.98 Å². The van der Waals surface area contributed by atoms with Crippen LogP contribution in [0.15, 0.2) is 71.0 Å². The molecule has 2 amide bonds. The quantitative estimate of drug-likeness (QED) is 0.657. The monoisotopic (exact) mass is 420 g/mol. The number of hydrogen-bond donors (Lipinski definition) is 1. The lowest BCUT2D eigenvalue weighted by Gasteiger charge is -2.17. The molecule has 3 aromatic rings. The van der Waals surface area contributed by atoms with Gasteiger partial charge in [-0.1, -0.05) is 41.6 Å². The molecule has 6 nitrogen and oxygen atoms in total. The van der Waals surface area contributed by atoms with Gasteiger partial charge in [0, 0.05) is 49.5 Å². The van der Waals surface area contributed by atoms with E-state index in [1.54, 1.807) is 22.9 Å². The van der Waals surface area contributed by atoms with Gasteiger partial charge in [0.15, 0.2) is 5.16 Å². The Morgan fingerprint density at radius 3 is 2.57 bits per heavy atom.